The zero-order valence-corrected chi connectivity index (χ0v) is 9.73. The average molecular weight is 232 g/mol. The van der Waals surface area contributed by atoms with Crippen molar-refractivity contribution in [1.29, 1.82) is 0 Å². The highest BCUT2D eigenvalue weighted by Crippen LogP contribution is 2.14. The number of carbonyl (C=O) groups excluding carboxylic acids is 1. The van der Waals surface area contributed by atoms with Crippen molar-refractivity contribution < 1.29 is 9.90 Å². The van der Waals surface area contributed by atoms with Gasteiger partial charge in [0.25, 0.3) is 5.91 Å². The summed E-state index contributed by atoms with van der Waals surface area (Å²) in [5.41, 5.74) is 1.54. The molecule has 1 aromatic heterocycles. The smallest absolute Gasteiger partial charge is 0.251 e. The van der Waals surface area contributed by atoms with Crippen LogP contribution in [-0.4, -0.2) is 28.6 Å². The third kappa shape index (κ3) is 2.47. The van der Waals surface area contributed by atoms with Crippen LogP contribution in [0.4, 0.5) is 0 Å². The molecule has 0 saturated heterocycles. The van der Waals surface area contributed by atoms with E-state index < -0.39 is 0 Å². The number of rotatable bonds is 4. The van der Waals surface area contributed by atoms with Gasteiger partial charge in [0.15, 0.2) is 0 Å². The van der Waals surface area contributed by atoms with Crippen LogP contribution in [0.25, 0.3) is 10.9 Å². The van der Waals surface area contributed by atoms with E-state index in [2.05, 4.69) is 10.3 Å². The van der Waals surface area contributed by atoms with Gasteiger partial charge in [-0.3, -0.25) is 4.79 Å². The van der Waals surface area contributed by atoms with Crippen LogP contribution in [0.2, 0.25) is 0 Å². The van der Waals surface area contributed by atoms with E-state index >= 15 is 0 Å². The lowest BCUT2D eigenvalue weighted by atomic mass is 10.1. The zero-order chi connectivity index (χ0) is 12.3. The lowest BCUT2D eigenvalue weighted by Crippen LogP contribution is -2.36. The van der Waals surface area contributed by atoms with Crippen molar-refractivity contribution in [2.75, 3.05) is 6.61 Å². The predicted molar refractivity (Wildman–Crippen MR) is 66.9 cm³/mol. The predicted octanol–water partition coefficient (Wildman–Crippen LogP) is 1.67. The van der Waals surface area contributed by atoms with Gasteiger partial charge >= 0.3 is 0 Å². The summed E-state index contributed by atoms with van der Waals surface area (Å²) in [6.45, 7) is 1.89. The molecule has 1 heterocycles. The fraction of sp³-hybridized carbons (Fsp3) is 0.308. The molecule has 0 aliphatic heterocycles. The van der Waals surface area contributed by atoms with Crippen molar-refractivity contribution in [1.82, 2.24) is 10.3 Å². The van der Waals surface area contributed by atoms with Crippen LogP contribution in [0.5, 0.6) is 0 Å². The fourth-order valence-electron chi connectivity index (χ4n) is 1.73. The first-order chi connectivity index (χ1) is 8.24. The molecule has 1 atom stereocenters. The Kier molecular flexibility index (Phi) is 3.44. The summed E-state index contributed by atoms with van der Waals surface area (Å²) in [6.07, 6.45) is 2.56. The Morgan fingerprint density at radius 3 is 3.00 bits per heavy atom. The highest BCUT2D eigenvalue weighted by molar-refractivity contribution is 5.98. The van der Waals surface area contributed by atoms with Crippen molar-refractivity contribution in [3.05, 3.63) is 36.0 Å². The summed E-state index contributed by atoms with van der Waals surface area (Å²) in [7, 11) is 0. The summed E-state index contributed by atoms with van der Waals surface area (Å²) in [4.78, 5) is 15.0. The molecule has 1 unspecified atom stereocenters. The van der Waals surface area contributed by atoms with E-state index in [0.29, 0.717) is 12.0 Å². The van der Waals surface area contributed by atoms with Crippen LogP contribution in [0.15, 0.2) is 30.5 Å². The van der Waals surface area contributed by atoms with E-state index in [0.717, 1.165) is 10.9 Å². The number of hydrogen-bond donors (Lipinski definition) is 3. The highest BCUT2D eigenvalue weighted by atomic mass is 16.3. The summed E-state index contributed by atoms with van der Waals surface area (Å²) in [6, 6.07) is 7.28. The number of hydrogen-bond acceptors (Lipinski definition) is 2. The van der Waals surface area contributed by atoms with Gasteiger partial charge < -0.3 is 15.4 Å². The van der Waals surface area contributed by atoms with Gasteiger partial charge in [-0.05, 0) is 30.0 Å². The number of amides is 1. The van der Waals surface area contributed by atoms with Crippen LogP contribution < -0.4 is 5.32 Å². The molecule has 4 nitrogen and oxygen atoms in total. The molecule has 3 N–H and O–H groups in total. The normalized spacial score (nSPS) is 12.6. The van der Waals surface area contributed by atoms with Crippen LogP contribution in [0.3, 0.4) is 0 Å². The largest absolute Gasteiger partial charge is 0.394 e. The molecule has 0 radical (unpaired) electrons. The van der Waals surface area contributed by atoms with E-state index in [-0.39, 0.29) is 18.6 Å². The van der Waals surface area contributed by atoms with Gasteiger partial charge in [0.2, 0.25) is 0 Å². The molecule has 2 aromatic rings. The molecule has 4 heteroatoms. The van der Waals surface area contributed by atoms with E-state index in [1.54, 1.807) is 6.07 Å². The molecule has 0 saturated carbocycles. The van der Waals surface area contributed by atoms with Gasteiger partial charge in [-0.15, -0.1) is 0 Å². The molecule has 0 spiro atoms. The molecular weight excluding hydrogens is 216 g/mol. The first-order valence-electron chi connectivity index (χ1n) is 5.73. The summed E-state index contributed by atoms with van der Waals surface area (Å²) >= 11 is 0. The molecular formula is C13H16N2O2. The van der Waals surface area contributed by atoms with E-state index in [9.17, 15) is 4.79 Å². The minimum absolute atomic E-state index is 0.0347. The Morgan fingerprint density at radius 2 is 2.29 bits per heavy atom. The molecule has 0 aliphatic rings. The lowest BCUT2D eigenvalue weighted by Gasteiger charge is -2.13. The summed E-state index contributed by atoms with van der Waals surface area (Å²) in [5.74, 6) is -0.151. The van der Waals surface area contributed by atoms with Crippen LogP contribution in [0, 0.1) is 0 Å². The Morgan fingerprint density at radius 1 is 1.47 bits per heavy atom. The minimum Gasteiger partial charge on any atom is -0.394 e. The number of benzene rings is 1. The maximum absolute atomic E-state index is 11.9. The Bertz CT molecular complexity index is 515. The molecule has 1 amide bonds. The molecule has 0 aliphatic carbocycles. The third-order valence-electron chi connectivity index (χ3n) is 2.87. The van der Waals surface area contributed by atoms with Crippen molar-refractivity contribution in [2.45, 2.75) is 19.4 Å². The van der Waals surface area contributed by atoms with Gasteiger partial charge in [0.1, 0.15) is 0 Å². The van der Waals surface area contributed by atoms with E-state index in [1.807, 2.05) is 31.3 Å². The number of H-pyrrole nitrogens is 1. The van der Waals surface area contributed by atoms with E-state index in [4.69, 9.17) is 5.11 Å². The number of aliphatic hydroxyl groups excluding tert-OH is 1. The fourth-order valence-corrected chi connectivity index (χ4v) is 1.73. The molecule has 2 rings (SSSR count). The third-order valence-corrected chi connectivity index (χ3v) is 2.87. The van der Waals surface area contributed by atoms with Crippen molar-refractivity contribution in [3.63, 3.8) is 0 Å². The Balaban J connectivity index is 2.18. The number of carbonyl (C=O) groups is 1. The minimum atomic E-state index is -0.179. The van der Waals surface area contributed by atoms with Crippen LogP contribution >= 0.6 is 0 Å². The topological polar surface area (TPSA) is 65.1 Å². The Hall–Kier alpha value is -1.81. The first-order valence-corrected chi connectivity index (χ1v) is 5.73. The maximum Gasteiger partial charge on any atom is 0.251 e. The van der Waals surface area contributed by atoms with Crippen molar-refractivity contribution >= 4 is 16.8 Å². The SMILES string of the molecule is CCC(CO)NC(=O)c1ccc2cc[nH]c2c1. The maximum atomic E-state index is 11.9. The van der Waals surface area contributed by atoms with Crippen molar-refractivity contribution in [3.8, 4) is 0 Å². The molecule has 17 heavy (non-hydrogen) atoms. The standard InChI is InChI=1S/C13H16N2O2/c1-2-11(8-16)15-13(17)10-4-3-9-5-6-14-12(9)7-10/h3-7,11,14,16H,2,8H2,1H3,(H,15,17). The highest BCUT2D eigenvalue weighted by Gasteiger charge is 2.11. The number of fused-ring (bicyclic) bond motifs is 1. The zero-order valence-electron chi connectivity index (χ0n) is 9.73. The number of aromatic nitrogens is 1. The summed E-state index contributed by atoms with van der Waals surface area (Å²) < 4.78 is 0. The molecule has 0 bridgehead atoms. The van der Waals surface area contributed by atoms with Crippen LogP contribution in [-0.2, 0) is 0 Å². The molecule has 0 fully saturated rings. The molecule has 90 valence electrons. The average Bonchev–Trinajstić information content (AvgIpc) is 2.82. The second-order valence-corrected chi connectivity index (χ2v) is 4.04. The van der Waals surface area contributed by atoms with Gasteiger partial charge in [0, 0.05) is 17.3 Å². The van der Waals surface area contributed by atoms with E-state index in [1.165, 1.54) is 0 Å². The second-order valence-electron chi connectivity index (χ2n) is 4.04. The van der Waals surface area contributed by atoms with Gasteiger partial charge in [-0.25, -0.2) is 0 Å². The van der Waals surface area contributed by atoms with Gasteiger partial charge in [0.05, 0.1) is 12.6 Å². The second kappa shape index (κ2) is 5.01. The number of aromatic amines is 1. The lowest BCUT2D eigenvalue weighted by molar-refractivity contribution is 0.0915. The Labute approximate surface area is 99.7 Å². The summed E-state index contributed by atoms with van der Waals surface area (Å²) in [5, 5.41) is 12.9. The quantitative estimate of drug-likeness (QED) is 0.750. The number of aliphatic hydroxyl groups is 1. The first kappa shape index (κ1) is 11.7. The number of nitrogens with one attached hydrogen (secondary N) is 2. The monoisotopic (exact) mass is 232 g/mol. The van der Waals surface area contributed by atoms with Gasteiger partial charge in [-0.1, -0.05) is 13.0 Å². The molecule has 1 aromatic carbocycles. The van der Waals surface area contributed by atoms with Crippen molar-refractivity contribution in [2.24, 2.45) is 0 Å². The van der Waals surface area contributed by atoms with Gasteiger partial charge in [-0.2, -0.15) is 0 Å². The van der Waals surface area contributed by atoms with Crippen LogP contribution in [0.1, 0.15) is 23.7 Å².